The van der Waals surface area contributed by atoms with E-state index in [0.717, 1.165) is 4.47 Å². The summed E-state index contributed by atoms with van der Waals surface area (Å²) in [5.74, 6) is 0.350. The molecular formula is C13H19BrN4O2. The van der Waals surface area contributed by atoms with Crippen molar-refractivity contribution in [2.75, 3.05) is 32.0 Å². The normalized spacial score (nSPS) is 10.4. The van der Waals surface area contributed by atoms with Crippen molar-refractivity contribution in [2.24, 2.45) is 0 Å². The molecule has 1 heterocycles. The summed E-state index contributed by atoms with van der Waals surface area (Å²) in [5, 5.41) is 5.42. The Bertz CT molecular complexity index is 450. The Morgan fingerprint density at radius 1 is 1.35 bits per heavy atom. The number of rotatable bonds is 7. The average Bonchev–Trinajstić information content (AvgIpc) is 2.39. The third-order valence-electron chi connectivity index (χ3n) is 2.50. The van der Waals surface area contributed by atoms with Crippen LogP contribution in [0.2, 0.25) is 0 Å². The van der Waals surface area contributed by atoms with Crippen LogP contribution < -0.4 is 10.6 Å². The number of nitrogens with one attached hydrogen (secondary N) is 2. The zero-order valence-electron chi connectivity index (χ0n) is 11.6. The summed E-state index contributed by atoms with van der Waals surface area (Å²) in [7, 11) is 1.80. The van der Waals surface area contributed by atoms with Crippen LogP contribution in [0, 0.1) is 0 Å². The highest BCUT2D eigenvalue weighted by Gasteiger charge is 2.09. The number of pyridine rings is 1. The van der Waals surface area contributed by atoms with Crippen LogP contribution >= 0.6 is 15.9 Å². The van der Waals surface area contributed by atoms with E-state index in [1.165, 1.54) is 0 Å². The number of hydrogen-bond acceptors (Lipinski definition) is 4. The second kappa shape index (κ2) is 8.65. The Balaban J connectivity index is 2.30. The smallest absolute Gasteiger partial charge is 0.239 e. The molecule has 0 aromatic carbocycles. The summed E-state index contributed by atoms with van der Waals surface area (Å²) < 4.78 is 0.856. The molecule has 110 valence electrons. The first-order valence-corrected chi connectivity index (χ1v) is 7.17. The Labute approximate surface area is 127 Å². The SMILES string of the molecule is CCNC(=O)CCN(C)CC(=O)Nc1ccc(Br)cn1. The van der Waals surface area contributed by atoms with E-state index in [1.54, 1.807) is 30.3 Å². The molecule has 0 aliphatic rings. The van der Waals surface area contributed by atoms with Gasteiger partial charge in [0.05, 0.1) is 6.54 Å². The van der Waals surface area contributed by atoms with E-state index in [0.29, 0.717) is 25.3 Å². The molecule has 0 saturated carbocycles. The van der Waals surface area contributed by atoms with Crippen LogP contribution in [0.3, 0.4) is 0 Å². The molecule has 0 bridgehead atoms. The minimum atomic E-state index is -0.154. The Kier molecular flexibility index (Phi) is 7.17. The molecule has 0 radical (unpaired) electrons. The third kappa shape index (κ3) is 6.63. The zero-order valence-corrected chi connectivity index (χ0v) is 13.2. The molecule has 0 fully saturated rings. The summed E-state index contributed by atoms with van der Waals surface area (Å²) in [5.41, 5.74) is 0. The van der Waals surface area contributed by atoms with Gasteiger partial charge in [0.2, 0.25) is 11.8 Å². The van der Waals surface area contributed by atoms with Crippen molar-refractivity contribution in [2.45, 2.75) is 13.3 Å². The van der Waals surface area contributed by atoms with Crippen molar-refractivity contribution < 1.29 is 9.59 Å². The summed E-state index contributed by atoms with van der Waals surface area (Å²) >= 11 is 3.28. The molecule has 1 aromatic rings. The van der Waals surface area contributed by atoms with Crippen molar-refractivity contribution in [3.05, 3.63) is 22.8 Å². The Hall–Kier alpha value is -1.47. The van der Waals surface area contributed by atoms with Gasteiger partial charge in [0, 0.05) is 30.2 Å². The van der Waals surface area contributed by atoms with Crippen molar-refractivity contribution >= 4 is 33.6 Å². The van der Waals surface area contributed by atoms with Gasteiger partial charge < -0.3 is 10.6 Å². The number of anilines is 1. The zero-order chi connectivity index (χ0) is 15.0. The van der Waals surface area contributed by atoms with E-state index in [4.69, 9.17) is 0 Å². The lowest BCUT2D eigenvalue weighted by molar-refractivity contribution is -0.122. The molecule has 7 heteroatoms. The van der Waals surface area contributed by atoms with Crippen LogP contribution in [0.1, 0.15) is 13.3 Å². The van der Waals surface area contributed by atoms with E-state index in [9.17, 15) is 9.59 Å². The molecule has 0 aliphatic carbocycles. The van der Waals surface area contributed by atoms with E-state index >= 15 is 0 Å². The predicted molar refractivity (Wildman–Crippen MR) is 81.4 cm³/mol. The lowest BCUT2D eigenvalue weighted by Gasteiger charge is -2.15. The van der Waals surface area contributed by atoms with Gasteiger partial charge in [0.25, 0.3) is 0 Å². The van der Waals surface area contributed by atoms with Crippen molar-refractivity contribution in [3.8, 4) is 0 Å². The molecular weight excluding hydrogens is 324 g/mol. The third-order valence-corrected chi connectivity index (χ3v) is 2.97. The maximum atomic E-state index is 11.8. The van der Waals surface area contributed by atoms with Crippen LogP contribution in [-0.2, 0) is 9.59 Å². The summed E-state index contributed by atoms with van der Waals surface area (Å²) in [6.07, 6.45) is 2.00. The number of nitrogens with zero attached hydrogens (tertiary/aromatic N) is 2. The number of halogens is 1. The minimum Gasteiger partial charge on any atom is -0.356 e. The number of carbonyl (C=O) groups is 2. The highest BCUT2D eigenvalue weighted by molar-refractivity contribution is 9.10. The lowest BCUT2D eigenvalue weighted by atomic mass is 10.3. The molecule has 1 rings (SSSR count). The first-order valence-electron chi connectivity index (χ1n) is 6.38. The number of aromatic nitrogens is 1. The molecule has 0 aliphatic heterocycles. The molecule has 2 N–H and O–H groups in total. The van der Waals surface area contributed by atoms with Crippen LogP contribution in [-0.4, -0.2) is 48.4 Å². The molecule has 0 atom stereocenters. The first-order chi connectivity index (χ1) is 9.51. The topological polar surface area (TPSA) is 74.3 Å². The minimum absolute atomic E-state index is 0.00525. The molecule has 0 unspecified atom stereocenters. The lowest BCUT2D eigenvalue weighted by Crippen LogP contribution is -2.34. The van der Waals surface area contributed by atoms with Crippen molar-refractivity contribution in [1.82, 2.24) is 15.2 Å². The van der Waals surface area contributed by atoms with Crippen LogP contribution in [0.15, 0.2) is 22.8 Å². The van der Waals surface area contributed by atoms with Crippen molar-refractivity contribution in [1.29, 1.82) is 0 Å². The van der Waals surface area contributed by atoms with Crippen LogP contribution in [0.25, 0.3) is 0 Å². The van der Waals surface area contributed by atoms with Gasteiger partial charge >= 0.3 is 0 Å². The number of likely N-dealkylation sites (N-methyl/N-ethyl adjacent to an activating group) is 1. The van der Waals surface area contributed by atoms with Gasteiger partial charge in [-0.2, -0.15) is 0 Å². The predicted octanol–water partition coefficient (Wildman–Crippen LogP) is 1.24. The standard InChI is InChI=1S/C13H19BrN4O2/c1-3-15-12(19)6-7-18(2)9-13(20)17-11-5-4-10(14)8-16-11/h4-5,8H,3,6-7,9H2,1-2H3,(H,15,19)(H,16,17,20). The fourth-order valence-corrected chi connectivity index (χ4v) is 1.77. The highest BCUT2D eigenvalue weighted by atomic mass is 79.9. The summed E-state index contributed by atoms with van der Waals surface area (Å²) in [4.78, 5) is 28.9. The quantitative estimate of drug-likeness (QED) is 0.781. The van der Waals surface area contributed by atoms with Gasteiger partial charge in [-0.05, 0) is 42.0 Å². The average molecular weight is 343 g/mol. The van der Waals surface area contributed by atoms with Crippen LogP contribution in [0.5, 0.6) is 0 Å². The summed E-state index contributed by atoms with van der Waals surface area (Å²) in [6.45, 7) is 3.25. The fraction of sp³-hybridized carbons (Fsp3) is 0.462. The molecule has 2 amide bonds. The summed E-state index contributed by atoms with van der Waals surface area (Å²) in [6, 6.07) is 3.53. The van der Waals surface area contributed by atoms with E-state index in [2.05, 4.69) is 31.5 Å². The molecule has 0 saturated heterocycles. The van der Waals surface area contributed by atoms with Gasteiger partial charge in [-0.15, -0.1) is 0 Å². The Morgan fingerprint density at radius 3 is 2.70 bits per heavy atom. The van der Waals surface area contributed by atoms with E-state index in [1.807, 2.05) is 6.92 Å². The molecule has 6 nitrogen and oxygen atoms in total. The van der Waals surface area contributed by atoms with Gasteiger partial charge in [0.15, 0.2) is 0 Å². The number of hydrogen-bond donors (Lipinski definition) is 2. The van der Waals surface area contributed by atoms with E-state index < -0.39 is 0 Å². The number of amides is 2. The second-order valence-electron chi connectivity index (χ2n) is 4.35. The Morgan fingerprint density at radius 2 is 2.10 bits per heavy atom. The van der Waals surface area contributed by atoms with Crippen LogP contribution in [0.4, 0.5) is 5.82 Å². The van der Waals surface area contributed by atoms with Crippen molar-refractivity contribution in [3.63, 3.8) is 0 Å². The molecule has 20 heavy (non-hydrogen) atoms. The monoisotopic (exact) mass is 342 g/mol. The maximum Gasteiger partial charge on any atom is 0.239 e. The maximum absolute atomic E-state index is 11.8. The van der Waals surface area contributed by atoms with Gasteiger partial charge in [-0.25, -0.2) is 4.98 Å². The van der Waals surface area contributed by atoms with Gasteiger partial charge in [-0.3, -0.25) is 14.5 Å². The van der Waals surface area contributed by atoms with E-state index in [-0.39, 0.29) is 18.4 Å². The second-order valence-corrected chi connectivity index (χ2v) is 5.27. The molecule has 1 aromatic heterocycles. The number of carbonyl (C=O) groups excluding carboxylic acids is 2. The largest absolute Gasteiger partial charge is 0.356 e. The highest BCUT2D eigenvalue weighted by Crippen LogP contribution is 2.10. The van der Waals surface area contributed by atoms with Gasteiger partial charge in [0.1, 0.15) is 5.82 Å². The fourth-order valence-electron chi connectivity index (χ4n) is 1.53. The first kappa shape index (κ1) is 16.6. The van der Waals surface area contributed by atoms with Gasteiger partial charge in [-0.1, -0.05) is 0 Å². The molecule has 0 spiro atoms.